The zero-order chi connectivity index (χ0) is 10.6. The molecule has 1 rings (SSSR count). The van der Waals surface area contributed by atoms with Gasteiger partial charge in [-0.3, -0.25) is 4.79 Å². The molecule has 82 valence electrons. The maximum atomic E-state index is 11.3. The fourth-order valence-corrected chi connectivity index (χ4v) is 2.56. The SMILES string of the molecule is O=C(O)CCS(=O)(=O)NC1CCNC1. The molecule has 1 aliphatic rings. The Morgan fingerprint density at radius 3 is 2.79 bits per heavy atom. The van der Waals surface area contributed by atoms with E-state index in [1.54, 1.807) is 0 Å². The fourth-order valence-electron chi connectivity index (χ4n) is 1.29. The molecular weight excluding hydrogens is 208 g/mol. The van der Waals surface area contributed by atoms with Crippen LogP contribution in [0.25, 0.3) is 0 Å². The topological polar surface area (TPSA) is 95.5 Å². The lowest BCUT2D eigenvalue weighted by molar-refractivity contribution is -0.136. The van der Waals surface area contributed by atoms with E-state index in [0.29, 0.717) is 6.54 Å². The van der Waals surface area contributed by atoms with Gasteiger partial charge in [-0.1, -0.05) is 0 Å². The molecule has 1 unspecified atom stereocenters. The van der Waals surface area contributed by atoms with E-state index in [1.807, 2.05) is 0 Å². The molecule has 0 radical (unpaired) electrons. The van der Waals surface area contributed by atoms with Crippen molar-refractivity contribution in [2.24, 2.45) is 0 Å². The number of carboxylic acid groups (broad SMARTS) is 1. The van der Waals surface area contributed by atoms with Gasteiger partial charge in [-0.05, 0) is 13.0 Å². The van der Waals surface area contributed by atoms with Crippen LogP contribution in [0, 0.1) is 0 Å². The Morgan fingerprint density at radius 2 is 2.29 bits per heavy atom. The monoisotopic (exact) mass is 222 g/mol. The molecule has 0 spiro atoms. The third kappa shape index (κ3) is 4.03. The molecule has 0 aromatic heterocycles. The molecule has 14 heavy (non-hydrogen) atoms. The van der Waals surface area contributed by atoms with E-state index in [2.05, 4.69) is 10.0 Å². The Bertz CT molecular complexity index is 295. The van der Waals surface area contributed by atoms with Crippen LogP contribution in [-0.4, -0.2) is 44.4 Å². The summed E-state index contributed by atoms with van der Waals surface area (Å²) in [6.07, 6.45) is 0.405. The first-order chi connectivity index (χ1) is 6.49. The smallest absolute Gasteiger partial charge is 0.304 e. The van der Waals surface area contributed by atoms with Crippen molar-refractivity contribution in [3.05, 3.63) is 0 Å². The number of rotatable bonds is 5. The van der Waals surface area contributed by atoms with Crippen molar-refractivity contribution < 1.29 is 18.3 Å². The molecule has 0 aromatic rings. The zero-order valence-electron chi connectivity index (χ0n) is 7.69. The average Bonchev–Trinajstić information content (AvgIpc) is 2.53. The van der Waals surface area contributed by atoms with Crippen molar-refractivity contribution in [1.29, 1.82) is 0 Å². The predicted molar refractivity (Wildman–Crippen MR) is 50.5 cm³/mol. The van der Waals surface area contributed by atoms with Gasteiger partial charge in [0.1, 0.15) is 0 Å². The van der Waals surface area contributed by atoms with Gasteiger partial charge in [0, 0.05) is 12.6 Å². The molecule has 0 aromatic carbocycles. The van der Waals surface area contributed by atoms with Gasteiger partial charge in [0.05, 0.1) is 12.2 Å². The van der Waals surface area contributed by atoms with Gasteiger partial charge in [-0.2, -0.15) is 0 Å². The third-order valence-electron chi connectivity index (χ3n) is 1.99. The molecule has 1 aliphatic heterocycles. The first-order valence-corrected chi connectivity index (χ1v) is 6.07. The molecule has 0 aliphatic carbocycles. The highest BCUT2D eigenvalue weighted by Crippen LogP contribution is 2.00. The van der Waals surface area contributed by atoms with Crippen molar-refractivity contribution in [2.75, 3.05) is 18.8 Å². The second kappa shape index (κ2) is 4.72. The summed E-state index contributed by atoms with van der Waals surface area (Å²) in [5, 5.41) is 11.3. The maximum absolute atomic E-state index is 11.3. The van der Waals surface area contributed by atoms with E-state index in [0.717, 1.165) is 13.0 Å². The minimum absolute atomic E-state index is 0.0891. The zero-order valence-corrected chi connectivity index (χ0v) is 8.51. The number of carboxylic acids is 1. The quantitative estimate of drug-likeness (QED) is 0.540. The Kier molecular flexibility index (Phi) is 3.85. The van der Waals surface area contributed by atoms with Crippen LogP contribution in [0.2, 0.25) is 0 Å². The van der Waals surface area contributed by atoms with Crippen LogP contribution in [0.5, 0.6) is 0 Å². The van der Waals surface area contributed by atoms with E-state index in [4.69, 9.17) is 5.11 Å². The van der Waals surface area contributed by atoms with Gasteiger partial charge in [0.25, 0.3) is 0 Å². The predicted octanol–water partition coefficient (Wildman–Crippen LogP) is -1.26. The standard InChI is InChI=1S/C7H14N2O4S/c10-7(11)2-4-14(12,13)9-6-1-3-8-5-6/h6,8-9H,1-5H2,(H,10,11). The summed E-state index contributed by atoms with van der Waals surface area (Å²) in [5.41, 5.74) is 0. The van der Waals surface area contributed by atoms with E-state index < -0.39 is 16.0 Å². The van der Waals surface area contributed by atoms with Gasteiger partial charge in [0.2, 0.25) is 10.0 Å². The summed E-state index contributed by atoms with van der Waals surface area (Å²) in [5.74, 6) is -1.45. The fraction of sp³-hybridized carbons (Fsp3) is 0.857. The molecule has 1 atom stereocenters. The van der Waals surface area contributed by atoms with Crippen LogP contribution in [0.3, 0.4) is 0 Å². The summed E-state index contributed by atoms with van der Waals surface area (Å²) < 4.78 is 25.0. The molecule has 3 N–H and O–H groups in total. The molecule has 0 bridgehead atoms. The van der Waals surface area contributed by atoms with Gasteiger partial charge in [0.15, 0.2) is 0 Å². The Hall–Kier alpha value is -0.660. The van der Waals surface area contributed by atoms with E-state index in [1.165, 1.54) is 0 Å². The second-order valence-electron chi connectivity index (χ2n) is 3.27. The van der Waals surface area contributed by atoms with Crippen molar-refractivity contribution in [3.8, 4) is 0 Å². The highest BCUT2D eigenvalue weighted by molar-refractivity contribution is 7.89. The first kappa shape index (κ1) is 11.4. The maximum Gasteiger partial charge on any atom is 0.304 e. The molecule has 1 saturated heterocycles. The van der Waals surface area contributed by atoms with Gasteiger partial charge in [-0.25, -0.2) is 13.1 Å². The van der Waals surface area contributed by atoms with Crippen LogP contribution in [0.1, 0.15) is 12.8 Å². The lowest BCUT2D eigenvalue weighted by atomic mass is 10.3. The molecule has 7 heteroatoms. The molecule has 1 heterocycles. The number of hydrogen-bond donors (Lipinski definition) is 3. The summed E-state index contributed by atoms with van der Waals surface area (Å²) >= 11 is 0. The second-order valence-corrected chi connectivity index (χ2v) is 5.14. The third-order valence-corrected chi connectivity index (χ3v) is 3.43. The normalized spacial score (nSPS) is 22.4. The van der Waals surface area contributed by atoms with Crippen LogP contribution in [-0.2, 0) is 14.8 Å². The minimum atomic E-state index is -3.43. The Labute approximate surface area is 82.7 Å². The van der Waals surface area contributed by atoms with Crippen LogP contribution >= 0.6 is 0 Å². The van der Waals surface area contributed by atoms with E-state index in [-0.39, 0.29) is 18.2 Å². The summed E-state index contributed by atoms with van der Waals surface area (Å²) in [4.78, 5) is 10.2. The lowest BCUT2D eigenvalue weighted by Gasteiger charge is -2.10. The molecule has 0 amide bonds. The molecular formula is C7H14N2O4S. The summed E-state index contributed by atoms with van der Waals surface area (Å²) in [6.45, 7) is 1.42. The van der Waals surface area contributed by atoms with Crippen molar-refractivity contribution in [1.82, 2.24) is 10.0 Å². The minimum Gasteiger partial charge on any atom is -0.481 e. The van der Waals surface area contributed by atoms with Gasteiger partial charge >= 0.3 is 5.97 Å². The number of nitrogens with one attached hydrogen (secondary N) is 2. The van der Waals surface area contributed by atoms with E-state index >= 15 is 0 Å². The van der Waals surface area contributed by atoms with Crippen LogP contribution in [0.4, 0.5) is 0 Å². The molecule has 6 nitrogen and oxygen atoms in total. The molecule has 0 saturated carbocycles. The summed E-state index contributed by atoms with van der Waals surface area (Å²) in [7, 11) is -3.43. The lowest BCUT2D eigenvalue weighted by Crippen LogP contribution is -2.38. The van der Waals surface area contributed by atoms with E-state index in [9.17, 15) is 13.2 Å². The highest BCUT2D eigenvalue weighted by atomic mass is 32.2. The van der Waals surface area contributed by atoms with Crippen LogP contribution < -0.4 is 10.0 Å². The summed E-state index contributed by atoms with van der Waals surface area (Å²) in [6, 6.07) is -0.0891. The molecule has 1 fully saturated rings. The average molecular weight is 222 g/mol. The largest absolute Gasteiger partial charge is 0.481 e. The number of sulfonamides is 1. The van der Waals surface area contributed by atoms with Crippen molar-refractivity contribution in [3.63, 3.8) is 0 Å². The van der Waals surface area contributed by atoms with Gasteiger partial charge < -0.3 is 10.4 Å². The van der Waals surface area contributed by atoms with Crippen molar-refractivity contribution >= 4 is 16.0 Å². The first-order valence-electron chi connectivity index (χ1n) is 4.42. The Morgan fingerprint density at radius 1 is 1.57 bits per heavy atom. The highest BCUT2D eigenvalue weighted by Gasteiger charge is 2.21. The number of hydrogen-bond acceptors (Lipinski definition) is 4. The Balaban J connectivity index is 2.36. The number of aliphatic carboxylic acids is 1. The number of carbonyl (C=O) groups is 1. The van der Waals surface area contributed by atoms with Crippen molar-refractivity contribution in [2.45, 2.75) is 18.9 Å². The van der Waals surface area contributed by atoms with Crippen LogP contribution in [0.15, 0.2) is 0 Å². The van der Waals surface area contributed by atoms with Gasteiger partial charge in [-0.15, -0.1) is 0 Å².